The first-order chi connectivity index (χ1) is 12.7. The van der Waals surface area contributed by atoms with E-state index in [1.165, 1.54) is 5.56 Å². The molecule has 1 aromatic heterocycles. The molecule has 1 aromatic carbocycles. The molecule has 0 spiro atoms. The van der Waals surface area contributed by atoms with Crippen molar-refractivity contribution in [2.75, 3.05) is 26.7 Å². The maximum absolute atomic E-state index is 12.7. The number of fused-ring (bicyclic) bond motifs is 1. The Hall–Kier alpha value is -2.18. The molecular weight excluding hydrogens is 330 g/mol. The summed E-state index contributed by atoms with van der Waals surface area (Å²) in [5, 5.41) is 0. The summed E-state index contributed by atoms with van der Waals surface area (Å²) in [6.07, 6.45) is 1.77. The molecule has 3 heterocycles. The van der Waals surface area contributed by atoms with Gasteiger partial charge in [0.15, 0.2) is 0 Å². The molecule has 0 radical (unpaired) electrons. The Kier molecular flexibility index (Phi) is 4.78. The molecule has 6 heteroatoms. The summed E-state index contributed by atoms with van der Waals surface area (Å²) in [5.74, 6) is 0.954. The number of amides is 1. The van der Waals surface area contributed by atoms with Crippen LogP contribution in [0, 0.1) is 0 Å². The number of methoxy groups -OCH3 is 1. The van der Waals surface area contributed by atoms with Crippen LogP contribution in [-0.4, -0.2) is 53.5 Å². The van der Waals surface area contributed by atoms with E-state index in [0.717, 1.165) is 30.8 Å². The highest BCUT2D eigenvalue weighted by Gasteiger charge is 2.32. The fourth-order valence-electron chi connectivity index (χ4n) is 3.82. The molecule has 2 aromatic rings. The van der Waals surface area contributed by atoms with Crippen molar-refractivity contribution in [1.82, 2.24) is 14.8 Å². The number of benzene rings is 1. The van der Waals surface area contributed by atoms with Crippen molar-refractivity contribution in [2.24, 2.45) is 0 Å². The van der Waals surface area contributed by atoms with Gasteiger partial charge in [-0.1, -0.05) is 30.3 Å². The summed E-state index contributed by atoms with van der Waals surface area (Å²) in [6, 6.07) is 10.8. The Bertz CT molecular complexity index is 774. The second-order valence-corrected chi connectivity index (χ2v) is 7.09. The quantitative estimate of drug-likeness (QED) is 0.844. The first kappa shape index (κ1) is 17.2. The highest BCUT2D eigenvalue weighted by atomic mass is 16.5. The zero-order chi connectivity index (χ0) is 18.1. The monoisotopic (exact) mass is 355 g/mol. The molecule has 2 aliphatic rings. The van der Waals surface area contributed by atoms with E-state index in [9.17, 15) is 4.79 Å². The largest absolute Gasteiger partial charge is 0.437 e. The lowest BCUT2D eigenvalue weighted by atomic mass is 10.0. The molecule has 4 rings (SSSR count). The van der Waals surface area contributed by atoms with Crippen LogP contribution in [-0.2, 0) is 17.7 Å². The zero-order valence-electron chi connectivity index (χ0n) is 15.4. The molecular formula is C20H25N3O3. The Labute approximate surface area is 153 Å². The van der Waals surface area contributed by atoms with Crippen molar-refractivity contribution >= 4 is 5.91 Å². The van der Waals surface area contributed by atoms with Gasteiger partial charge in [-0.2, -0.15) is 0 Å². The molecule has 0 aliphatic carbocycles. The van der Waals surface area contributed by atoms with E-state index in [0.29, 0.717) is 25.7 Å². The lowest BCUT2D eigenvalue weighted by Crippen LogP contribution is -2.32. The third-order valence-electron chi connectivity index (χ3n) is 5.54. The topological polar surface area (TPSA) is 58.8 Å². The zero-order valence-corrected chi connectivity index (χ0v) is 15.4. The summed E-state index contributed by atoms with van der Waals surface area (Å²) in [6.45, 7) is 5.13. The molecule has 6 nitrogen and oxygen atoms in total. The highest BCUT2D eigenvalue weighted by Crippen LogP contribution is 2.28. The van der Waals surface area contributed by atoms with Crippen LogP contribution in [0.1, 0.15) is 47.1 Å². The van der Waals surface area contributed by atoms with Crippen molar-refractivity contribution in [2.45, 2.75) is 38.5 Å². The van der Waals surface area contributed by atoms with Gasteiger partial charge in [0.1, 0.15) is 5.76 Å². The van der Waals surface area contributed by atoms with Crippen LogP contribution >= 0.6 is 0 Å². The van der Waals surface area contributed by atoms with Crippen molar-refractivity contribution in [3.63, 3.8) is 0 Å². The molecule has 138 valence electrons. The minimum absolute atomic E-state index is 0.116. The molecule has 1 saturated heterocycles. The number of carbonyl (C=O) groups is 1. The van der Waals surface area contributed by atoms with E-state index in [1.807, 2.05) is 6.07 Å². The van der Waals surface area contributed by atoms with Gasteiger partial charge in [0.05, 0.1) is 11.8 Å². The van der Waals surface area contributed by atoms with Crippen molar-refractivity contribution in [3.05, 3.63) is 53.2 Å². The number of hydrogen-bond donors (Lipinski definition) is 0. The maximum atomic E-state index is 12.7. The molecule has 0 unspecified atom stereocenters. The average Bonchev–Trinajstić information content (AvgIpc) is 3.33. The second-order valence-electron chi connectivity index (χ2n) is 7.09. The third kappa shape index (κ3) is 3.27. The number of aromatic nitrogens is 1. The van der Waals surface area contributed by atoms with Gasteiger partial charge < -0.3 is 14.1 Å². The van der Waals surface area contributed by atoms with Crippen LogP contribution in [0.3, 0.4) is 0 Å². The Morgan fingerprint density at radius 3 is 2.85 bits per heavy atom. The molecule has 0 bridgehead atoms. The van der Waals surface area contributed by atoms with Gasteiger partial charge >= 0.3 is 5.91 Å². The summed E-state index contributed by atoms with van der Waals surface area (Å²) < 4.78 is 11.2. The van der Waals surface area contributed by atoms with Crippen LogP contribution in [0.2, 0.25) is 0 Å². The van der Waals surface area contributed by atoms with E-state index >= 15 is 0 Å². The second kappa shape index (κ2) is 7.21. The number of oxazole rings is 1. The van der Waals surface area contributed by atoms with E-state index in [2.05, 4.69) is 41.1 Å². The van der Waals surface area contributed by atoms with Crippen molar-refractivity contribution < 1.29 is 13.9 Å². The number of rotatable bonds is 4. The minimum Gasteiger partial charge on any atom is -0.437 e. The number of likely N-dealkylation sites (tertiary alicyclic amines) is 1. The van der Waals surface area contributed by atoms with Gasteiger partial charge in [-0.15, -0.1) is 0 Å². The fourth-order valence-corrected chi connectivity index (χ4v) is 3.82. The van der Waals surface area contributed by atoms with Gasteiger partial charge in [0.25, 0.3) is 5.89 Å². The predicted octanol–water partition coefficient (Wildman–Crippen LogP) is 2.65. The summed E-state index contributed by atoms with van der Waals surface area (Å²) in [4.78, 5) is 21.3. The van der Waals surface area contributed by atoms with E-state index in [4.69, 9.17) is 9.15 Å². The maximum Gasteiger partial charge on any atom is 0.309 e. The predicted molar refractivity (Wildman–Crippen MR) is 96.8 cm³/mol. The normalized spacial score (nSPS) is 21.6. The van der Waals surface area contributed by atoms with E-state index in [-0.39, 0.29) is 17.9 Å². The number of hydrogen-bond acceptors (Lipinski definition) is 5. The van der Waals surface area contributed by atoms with Crippen LogP contribution in [0.5, 0.6) is 0 Å². The number of ether oxygens (including phenoxy) is 1. The first-order valence-electron chi connectivity index (χ1n) is 9.25. The van der Waals surface area contributed by atoms with Crippen LogP contribution in [0.15, 0.2) is 34.7 Å². The van der Waals surface area contributed by atoms with E-state index < -0.39 is 0 Å². The van der Waals surface area contributed by atoms with Gasteiger partial charge in [-0.25, -0.2) is 4.98 Å². The lowest BCUT2D eigenvalue weighted by molar-refractivity contribution is 0.0686. The molecule has 1 amide bonds. The first-order valence-corrected chi connectivity index (χ1v) is 9.25. The summed E-state index contributed by atoms with van der Waals surface area (Å²) >= 11 is 0. The molecule has 0 N–H and O–H groups in total. The summed E-state index contributed by atoms with van der Waals surface area (Å²) in [5.41, 5.74) is 2.18. The standard InChI is InChI=1S/C20H25N3O3/c1-14(15-6-4-3-5-7-15)22-11-9-18-17(13-22)21-19(26-18)20(24)23-10-8-16(12-23)25-2/h3-7,14,16H,8-13H2,1-2H3/t14-,16-/m0/s1. The van der Waals surface area contributed by atoms with Gasteiger partial charge in [-0.3, -0.25) is 9.69 Å². The molecule has 26 heavy (non-hydrogen) atoms. The van der Waals surface area contributed by atoms with Gasteiger partial charge in [0.2, 0.25) is 0 Å². The Balaban J connectivity index is 1.46. The third-order valence-corrected chi connectivity index (χ3v) is 5.54. The average molecular weight is 355 g/mol. The van der Waals surface area contributed by atoms with Gasteiger partial charge in [-0.05, 0) is 18.9 Å². The van der Waals surface area contributed by atoms with Crippen LogP contribution in [0.4, 0.5) is 0 Å². The SMILES string of the molecule is CO[C@H]1CCN(C(=O)c2nc3c(o2)CCN([C@@H](C)c2ccccc2)C3)C1. The molecule has 0 saturated carbocycles. The highest BCUT2D eigenvalue weighted by molar-refractivity contribution is 5.90. The molecule has 2 aliphatic heterocycles. The van der Waals surface area contributed by atoms with E-state index in [1.54, 1.807) is 12.0 Å². The molecule has 1 fully saturated rings. The summed E-state index contributed by atoms with van der Waals surface area (Å²) in [7, 11) is 1.69. The van der Waals surface area contributed by atoms with Crippen molar-refractivity contribution in [3.8, 4) is 0 Å². The molecule has 2 atom stereocenters. The minimum atomic E-state index is -0.124. The van der Waals surface area contributed by atoms with Crippen LogP contribution in [0.25, 0.3) is 0 Å². The number of carbonyl (C=O) groups excluding carboxylic acids is 1. The smallest absolute Gasteiger partial charge is 0.309 e. The van der Waals surface area contributed by atoms with Crippen molar-refractivity contribution in [1.29, 1.82) is 0 Å². The Morgan fingerprint density at radius 1 is 1.31 bits per heavy atom. The fraction of sp³-hybridized carbons (Fsp3) is 0.500. The van der Waals surface area contributed by atoms with Crippen LogP contribution < -0.4 is 0 Å². The van der Waals surface area contributed by atoms with Gasteiger partial charge in [0, 0.05) is 45.8 Å². The lowest BCUT2D eigenvalue weighted by Gasteiger charge is -2.31. The number of nitrogens with zero attached hydrogens (tertiary/aromatic N) is 3. The Morgan fingerprint density at radius 2 is 2.12 bits per heavy atom.